The van der Waals surface area contributed by atoms with Crippen LogP contribution in [0, 0.1) is 39.2 Å². The van der Waals surface area contributed by atoms with E-state index in [1.807, 2.05) is 51.1 Å². The predicted molar refractivity (Wildman–Crippen MR) is 142 cm³/mol. The molecule has 2 aromatic rings. The Hall–Kier alpha value is -3.79. The maximum absolute atomic E-state index is 13.7. The second-order valence-corrected chi connectivity index (χ2v) is 10.3. The maximum Gasteiger partial charge on any atom is 0.408 e. The van der Waals surface area contributed by atoms with Gasteiger partial charge in [0, 0.05) is 11.7 Å². The van der Waals surface area contributed by atoms with Crippen molar-refractivity contribution in [3.05, 3.63) is 64.7 Å². The summed E-state index contributed by atoms with van der Waals surface area (Å²) in [6.07, 6.45) is 5.11. The van der Waals surface area contributed by atoms with Crippen LogP contribution in [0.3, 0.4) is 0 Å². The molecule has 0 spiro atoms. The second-order valence-electron chi connectivity index (χ2n) is 10.3. The fraction of sp³-hybridized carbons (Fsp3) is 0.414. The molecule has 2 unspecified atom stereocenters. The first-order chi connectivity index (χ1) is 16.7. The predicted octanol–water partition coefficient (Wildman–Crippen LogP) is 5.26. The largest absolute Gasteiger partial charge is 0.444 e. The molecule has 0 aliphatic carbocycles. The smallest absolute Gasteiger partial charge is 0.408 e. The molecule has 3 amide bonds. The van der Waals surface area contributed by atoms with Crippen molar-refractivity contribution in [2.75, 3.05) is 5.32 Å². The lowest BCUT2D eigenvalue weighted by Gasteiger charge is -2.32. The minimum Gasteiger partial charge on any atom is -0.444 e. The van der Waals surface area contributed by atoms with E-state index in [1.54, 1.807) is 46.8 Å². The lowest BCUT2D eigenvalue weighted by atomic mass is 9.97. The highest BCUT2D eigenvalue weighted by molar-refractivity contribution is 6.00. The zero-order valence-corrected chi connectivity index (χ0v) is 22.4. The Labute approximate surface area is 214 Å². The number of rotatable bonds is 7. The van der Waals surface area contributed by atoms with Crippen molar-refractivity contribution in [3.63, 3.8) is 0 Å². The minimum atomic E-state index is -1.12. The molecule has 0 aliphatic heterocycles. The van der Waals surface area contributed by atoms with E-state index in [0.29, 0.717) is 11.3 Å². The van der Waals surface area contributed by atoms with Crippen LogP contribution >= 0.6 is 0 Å². The number of ether oxygens (including phenoxy) is 1. The van der Waals surface area contributed by atoms with Crippen LogP contribution in [0.2, 0.25) is 0 Å². The number of para-hydroxylation sites is 1. The number of hydrogen-bond acceptors (Lipinski definition) is 4. The third-order valence-electron chi connectivity index (χ3n) is 5.74. The molecular weight excluding hydrogens is 454 g/mol. The first kappa shape index (κ1) is 28.4. The first-order valence-electron chi connectivity index (χ1n) is 12.0. The molecule has 0 saturated carbocycles. The number of benzene rings is 2. The fourth-order valence-electron chi connectivity index (χ4n) is 3.63. The molecule has 7 heteroatoms. The molecule has 2 aromatic carbocycles. The van der Waals surface area contributed by atoms with Crippen LogP contribution in [0.25, 0.3) is 0 Å². The third-order valence-corrected chi connectivity index (χ3v) is 5.74. The highest BCUT2D eigenvalue weighted by Gasteiger charge is 2.37. The normalized spacial score (nSPS) is 12.8. The number of alkyl carbamates (subject to hydrolysis) is 1. The molecule has 7 nitrogen and oxygen atoms in total. The van der Waals surface area contributed by atoms with Gasteiger partial charge in [-0.25, -0.2) is 4.79 Å². The zero-order chi connectivity index (χ0) is 27.2. The van der Waals surface area contributed by atoms with Gasteiger partial charge in [-0.3, -0.25) is 14.5 Å². The second kappa shape index (κ2) is 11.8. The summed E-state index contributed by atoms with van der Waals surface area (Å²) in [5.41, 5.74) is 3.31. The summed E-state index contributed by atoms with van der Waals surface area (Å²) in [5, 5.41) is 5.54. The summed E-state index contributed by atoms with van der Waals surface area (Å²) in [7, 11) is 0. The highest BCUT2D eigenvalue weighted by Crippen LogP contribution is 2.27. The molecule has 0 aliphatic rings. The van der Waals surface area contributed by atoms with Gasteiger partial charge < -0.3 is 15.4 Å². The van der Waals surface area contributed by atoms with Gasteiger partial charge in [0.1, 0.15) is 17.7 Å². The van der Waals surface area contributed by atoms with Gasteiger partial charge in [-0.05, 0) is 75.8 Å². The van der Waals surface area contributed by atoms with Gasteiger partial charge in [0.05, 0.1) is 0 Å². The molecule has 2 atom stereocenters. The molecule has 0 bridgehead atoms. The van der Waals surface area contributed by atoms with Gasteiger partial charge >= 0.3 is 6.09 Å². The van der Waals surface area contributed by atoms with E-state index in [2.05, 4.69) is 16.7 Å². The van der Waals surface area contributed by atoms with Crippen molar-refractivity contribution in [1.29, 1.82) is 0 Å². The molecule has 2 rings (SSSR count). The molecule has 2 N–H and O–H groups in total. The van der Waals surface area contributed by atoms with E-state index in [4.69, 9.17) is 11.2 Å². The quantitative estimate of drug-likeness (QED) is 0.409. The molecular formula is C29H37N3O4. The van der Waals surface area contributed by atoms with Gasteiger partial charge in [-0.15, -0.1) is 0 Å². The van der Waals surface area contributed by atoms with Crippen LogP contribution in [0.5, 0.6) is 0 Å². The third kappa shape index (κ3) is 7.35. The summed E-state index contributed by atoms with van der Waals surface area (Å²) in [6, 6.07) is 13.2. The van der Waals surface area contributed by atoms with Crippen LogP contribution < -0.4 is 10.6 Å². The van der Waals surface area contributed by atoms with E-state index in [-0.39, 0.29) is 5.92 Å². The van der Waals surface area contributed by atoms with E-state index >= 15 is 0 Å². The number of nitrogens with one attached hydrogen (secondary N) is 2. The zero-order valence-electron chi connectivity index (χ0n) is 22.4. The lowest BCUT2D eigenvalue weighted by molar-refractivity contribution is -0.137. The molecule has 36 heavy (non-hydrogen) atoms. The van der Waals surface area contributed by atoms with Crippen molar-refractivity contribution in [1.82, 2.24) is 10.2 Å². The average molecular weight is 492 g/mol. The molecule has 0 aromatic heterocycles. The van der Waals surface area contributed by atoms with Gasteiger partial charge in [-0.1, -0.05) is 56.7 Å². The number of nitrogens with zero attached hydrogens (tertiary/aromatic N) is 1. The number of amides is 3. The van der Waals surface area contributed by atoms with Crippen molar-refractivity contribution in [2.24, 2.45) is 5.92 Å². The van der Waals surface area contributed by atoms with Crippen molar-refractivity contribution >= 4 is 23.6 Å². The van der Waals surface area contributed by atoms with Crippen LogP contribution in [0.4, 0.5) is 10.5 Å². The van der Waals surface area contributed by atoms with E-state index in [1.165, 1.54) is 0 Å². The summed E-state index contributed by atoms with van der Waals surface area (Å²) in [6.45, 7) is 14.5. The van der Waals surface area contributed by atoms with Crippen LogP contribution in [0.15, 0.2) is 42.5 Å². The number of anilines is 1. The molecule has 0 heterocycles. The van der Waals surface area contributed by atoms with Gasteiger partial charge in [-0.2, -0.15) is 0 Å². The Kier molecular flexibility index (Phi) is 9.29. The Morgan fingerprint density at radius 1 is 0.972 bits per heavy atom. The lowest BCUT2D eigenvalue weighted by Crippen LogP contribution is -2.53. The monoisotopic (exact) mass is 491 g/mol. The summed E-state index contributed by atoms with van der Waals surface area (Å²) < 4.78 is 5.34. The number of carbonyl (C=O) groups is 3. The first-order valence-corrected chi connectivity index (χ1v) is 12.0. The highest BCUT2D eigenvalue weighted by atomic mass is 16.6. The Bertz CT molecular complexity index is 1160. The molecule has 0 saturated heterocycles. The average Bonchev–Trinajstić information content (AvgIpc) is 2.77. The van der Waals surface area contributed by atoms with E-state index in [9.17, 15) is 14.4 Å². The van der Waals surface area contributed by atoms with Gasteiger partial charge in [0.25, 0.3) is 11.8 Å². The van der Waals surface area contributed by atoms with Gasteiger partial charge in [0.15, 0.2) is 0 Å². The fourth-order valence-corrected chi connectivity index (χ4v) is 3.63. The number of terminal acetylenes is 1. The van der Waals surface area contributed by atoms with Crippen LogP contribution in [0.1, 0.15) is 62.9 Å². The Morgan fingerprint density at radius 2 is 1.61 bits per heavy atom. The number of carbonyl (C=O) groups excluding carboxylic acids is 3. The van der Waals surface area contributed by atoms with Crippen LogP contribution in [-0.4, -0.2) is 34.5 Å². The van der Waals surface area contributed by atoms with Gasteiger partial charge in [0.2, 0.25) is 0 Å². The summed E-state index contributed by atoms with van der Waals surface area (Å²) in [5.74, 6) is -1.36. The van der Waals surface area contributed by atoms with Crippen molar-refractivity contribution < 1.29 is 19.1 Å². The van der Waals surface area contributed by atoms with Crippen LogP contribution in [-0.2, 0) is 14.3 Å². The Balaban J connectivity index is 2.50. The SMILES string of the molecule is C#CN(C(=O)C(NC(=O)OC(C)(C)C)C(C)C)C(C(=O)Nc1ccccc1C)c1ccc(C)c(C)c1. The summed E-state index contributed by atoms with van der Waals surface area (Å²) in [4.78, 5) is 40.9. The Morgan fingerprint density at radius 3 is 2.14 bits per heavy atom. The minimum absolute atomic E-state index is 0.319. The number of aryl methyl sites for hydroxylation is 3. The standard InChI is InChI=1S/C29H37N3O4/c1-10-32(27(34)24(18(2)3)31-28(35)36-29(7,8)9)25(22-16-15-19(4)21(6)17-22)26(33)30-23-14-12-11-13-20(23)5/h1,11-18,24-25H,2-9H3,(H,30,33)(H,31,35). The number of hydrogen-bond donors (Lipinski definition) is 2. The van der Waals surface area contributed by atoms with E-state index < -0.39 is 35.6 Å². The van der Waals surface area contributed by atoms with Crippen molar-refractivity contribution in [3.8, 4) is 12.5 Å². The summed E-state index contributed by atoms with van der Waals surface area (Å²) >= 11 is 0. The maximum atomic E-state index is 13.7. The molecule has 192 valence electrons. The topological polar surface area (TPSA) is 87.7 Å². The molecule has 0 fully saturated rings. The van der Waals surface area contributed by atoms with Crippen molar-refractivity contribution in [2.45, 2.75) is 73.1 Å². The van der Waals surface area contributed by atoms with E-state index in [0.717, 1.165) is 21.6 Å². The molecule has 0 radical (unpaired) electrons.